The third-order valence-corrected chi connectivity index (χ3v) is 3.13. The van der Waals surface area contributed by atoms with Gasteiger partial charge in [0.25, 0.3) is 0 Å². The largest absolute Gasteiger partial charge is 0.380 e. The van der Waals surface area contributed by atoms with Crippen molar-refractivity contribution < 1.29 is 4.74 Å². The highest BCUT2D eigenvalue weighted by molar-refractivity contribution is 7.99. The number of nitrogens with two attached hydrogens (primary N) is 1. The van der Waals surface area contributed by atoms with Gasteiger partial charge in [-0.15, -0.1) is 10.2 Å². The van der Waals surface area contributed by atoms with Crippen LogP contribution in [0.25, 0.3) is 0 Å². The fraction of sp³-hybridized carbons (Fsp3) is 0.818. The van der Waals surface area contributed by atoms with Crippen LogP contribution in [0.1, 0.15) is 26.6 Å². The molecule has 0 atom stereocenters. The van der Waals surface area contributed by atoms with Gasteiger partial charge in [-0.25, -0.2) is 0 Å². The van der Waals surface area contributed by atoms with Crippen LogP contribution in [-0.4, -0.2) is 33.7 Å². The van der Waals surface area contributed by atoms with E-state index in [1.54, 1.807) is 11.8 Å². The summed E-state index contributed by atoms with van der Waals surface area (Å²) in [6.07, 6.45) is 0. The van der Waals surface area contributed by atoms with E-state index >= 15 is 0 Å². The molecule has 0 spiro atoms. The third-order valence-electron chi connectivity index (χ3n) is 2.20. The summed E-state index contributed by atoms with van der Waals surface area (Å²) in [5.41, 5.74) is 5.59. The molecule has 0 aliphatic rings. The van der Waals surface area contributed by atoms with Crippen LogP contribution >= 0.6 is 11.8 Å². The van der Waals surface area contributed by atoms with Crippen molar-refractivity contribution in [2.45, 2.75) is 39.0 Å². The molecule has 0 amide bonds. The van der Waals surface area contributed by atoms with Crippen LogP contribution in [0.2, 0.25) is 0 Å². The molecule has 5 nitrogen and oxygen atoms in total. The van der Waals surface area contributed by atoms with E-state index in [1.165, 1.54) is 0 Å². The highest BCUT2D eigenvalue weighted by Gasteiger charge is 2.09. The van der Waals surface area contributed by atoms with E-state index in [0.29, 0.717) is 12.5 Å². The quantitative estimate of drug-likeness (QED) is 0.566. The standard InChI is InChI=1S/C11H22N4OS/c1-4-15-10(7-12)13-14-11(15)17-6-5-16-8-9(2)3/h9H,4-8,12H2,1-3H3. The molecule has 0 aromatic carbocycles. The van der Waals surface area contributed by atoms with Crippen LogP contribution in [0.5, 0.6) is 0 Å². The number of nitrogens with zero attached hydrogens (tertiary/aromatic N) is 3. The van der Waals surface area contributed by atoms with Crippen LogP contribution in [0.15, 0.2) is 5.16 Å². The van der Waals surface area contributed by atoms with E-state index in [9.17, 15) is 0 Å². The van der Waals surface area contributed by atoms with Crippen LogP contribution in [-0.2, 0) is 17.8 Å². The number of ether oxygens (including phenoxy) is 1. The maximum absolute atomic E-state index is 5.59. The lowest BCUT2D eigenvalue weighted by Gasteiger charge is -2.07. The first-order chi connectivity index (χ1) is 8.19. The van der Waals surface area contributed by atoms with Crippen molar-refractivity contribution >= 4 is 11.8 Å². The Morgan fingerprint density at radius 2 is 2.18 bits per heavy atom. The monoisotopic (exact) mass is 258 g/mol. The zero-order chi connectivity index (χ0) is 12.7. The molecule has 0 saturated heterocycles. The number of aromatic nitrogens is 3. The van der Waals surface area contributed by atoms with Gasteiger partial charge in [-0.1, -0.05) is 25.6 Å². The van der Waals surface area contributed by atoms with E-state index < -0.39 is 0 Å². The first-order valence-corrected chi connectivity index (χ1v) is 7.00. The van der Waals surface area contributed by atoms with E-state index in [0.717, 1.165) is 36.5 Å². The summed E-state index contributed by atoms with van der Waals surface area (Å²) in [4.78, 5) is 0. The van der Waals surface area contributed by atoms with Crippen molar-refractivity contribution in [2.24, 2.45) is 11.7 Å². The summed E-state index contributed by atoms with van der Waals surface area (Å²) < 4.78 is 7.57. The molecule has 0 bridgehead atoms. The second-order valence-corrected chi connectivity index (χ2v) is 5.23. The molecule has 0 saturated carbocycles. The summed E-state index contributed by atoms with van der Waals surface area (Å²) in [5, 5.41) is 9.12. The van der Waals surface area contributed by atoms with Crippen molar-refractivity contribution in [1.29, 1.82) is 0 Å². The summed E-state index contributed by atoms with van der Waals surface area (Å²) in [5.74, 6) is 2.33. The van der Waals surface area contributed by atoms with Gasteiger partial charge in [0.1, 0.15) is 5.82 Å². The number of thioether (sulfide) groups is 1. The molecule has 17 heavy (non-hydrogen) atoms. The number of rotatable bonds is 8. The van der Waals surface area contributed by atoms with Crippen molar-refractivity contribution in [3.05, 3.63) is 5.82 Å². The minimum absolute atomic E-state index is 0.436. The molecule has 6 heteroatoms. The average molecular weight is 258 g/mol. The predicted octanol–water partition coefficient (Wildman–Crippen LogP) is 1.52. The van der Waals surface area contributed by atoms with Gasteiger partial charge in [0.15, 0.2) is 5.16 Å². The van der Waals surface area contributed by atoms with Gasteiger partial charge in [-0.2, -0.15) is 0 Å². The molecule has 1 aromatic rings. The molecular formula is C11H22N4OS. The van der Waals surface area contributed by atoms with E-state index in [4.69, 9.17) is 10.5 Å². The first-order valence-electron chi connectivity index (χ1n) is 6.01. The van der Waals surface area contributed by atoms with Gasteiger partial charge < -0.3 is 15.0 Å². The topological polar surface area (TPSA) is 66.0 Å². The number of hydrogen-bond acceptors (Lipinski definition) is 5. The molecule has 1 rings (SSSR count). The summed E-state index contributed by atoms with van der Waals surface area (Å²) >= 11 is 1.67. The van der Waals surface area contributed by atoms with Crippen molar-refractivity contribution in [2.75, 3.05) is 19.0 Å². The molecule has 0 aliphatic carbocycles. The molecular weight excluding hydrogens is 236 g/mol. The van der Waals surface area contributed by atoms with Gasteiger partial charge in [0, 0.05) is 18.9 Å². The Labute approximate surface area is 107 Å². The smallest absolute Gasteiger partial charge is 0.191 e. The highest BCUT2D eigenvalue weighted by Crippen LogP contribution is 2.16. The van der Waals surface area contributed by atoms with Gasteiger partial charge in [0.05, 0.1) is 13.2 Å². The Balaban J connectivity index is 2.33. The lowest BCUT2D eigenvalue weighted by Crippen LogP contribution is -2.09. The normalized spacial score (nSPS) is 11.4. The molecule has 0 fully saturated rings. The van der Waals surface area contributed by atoms with Crippen molar-refractivity contribution in [3.63, 3.8) is 0 Å². The van der Waals surface area contributed by atoms with Gasteiger partial charge in [-0.3, -0.25) is 0 Å². The molecule has 1 aromatic heterocycles. The summed E-state index contributed by atoms with van der Waals surface area (Å²) in [7, 11) is 0. The molecule has 1 heterocycles. The molecule has 0 radical (unpaired) electrons. The van der Waals surface area contributed by atoms with Crippen LogP contribution in [0, 0.1) is 5.92 Å². The summed E-state index contributed by atoms with van der Waals surface area (Å²) in [6.45, 7) is 9.22. The third kappa shape index (κ3) is 4.65. The van der Waals surface area contributed by atoms with Crippen LogP contribution in [0.3, 0.4) is 0 Å². The van der Waals surface area contributed by atoms with Crippen LogP contribution in [0.4, 0.5) is 0 Å². The van der Waals surface area contributed by atoms with Crippen LogP contribution < -0.4 is 5.73 Å². The van der Waals surface area contributed by atoms with Gasteiger partial charge >= 0.3 is 0 Å². The fourth-order valence-corrected chi connectivity index (χ4v) is 2.28. The Kier molecular flexibility index (Phi) is 6.54. The van der Waals surface area contributed by atoms with E-state index in [-0.39, 0.29) is 0 Å². The summed E-state index contributed by atoms with van der Waals surface area (Å²) in [6, 6.07) is 0. The van der Waals surface area contributed by atoms with E-state index in [1.807, 2.05) is 4.57 Å². The maximum atomic E-state index is 5.59. The Morgan fingerprint density at radius 3 is 2.76 bits per heavy atom. The Hall–Kier alpha value is -0.590. The Bertz CT molecular complexity index is 327. The van der Waals surface area contributed by atoms with E-state index in [2.05, 4.69) is 31.0 Å². The zero-order valence-electron chi connectivity index (χ0n) is 10.8. The second kappa shape index (κ2) is 7.68. The lowest BCUT2D eigenvalue weighted by molar-refractivity contribution is 0.124. The molecule has 98 valence electrons. The minimum atomic E-state index is 0.436. The second-order valence-electron chi connectivity index (χ2n) is 4.16. The van der Waals surface area contributed by atoms with Gasteiger partial charge in [-0.05, 0) is 12.8 Å². The Morgan fingerprint density at radius 1 is 1.41 bits per heavy atom. The number of hydrogen-bond donors (Lipinski definition) is 1. The zero-order valence-corrected chi connectivity index (χ0v) is 11.7. The highest BCUT2D eigenvalue weighted by atomic mass is 32.2. The minimum Gasteiger partial charge on any atom is -0.380 e. The van der Waals surface area contributed by atoms with Crippen molar-refractivity contribution in [1.82, 2.24) is 14.8 Å². The predicted molar refractivity (Wildman–Crippen MR) is 70.0 cm³/mol. The molecule has 0 unspecified atom stereocenters. The first kappa shape index (κ1) is 14.5. The average Bonchev–Trinajstić information content (AvgIpc) is 2.70. The fourth-order valence-electron chi connectivity index (χ4n) is 1.41. The lowest BCUT2D eigenvalue weighted by atomic mass is 10.2. The maximum Gasteiger partial charge on any atom is 0.191 e. The van der Waals surface area contributed by atoms with Gasteiger partial charge in [0.2, 0.25) is 0 Å². The molecule has 0 aliphatic heterocycles. The molecule has 2 N–H and O–H groups in total. The van der Waals surface area contributed by atoms with Crippen molar-refractivity contribution in [3.8, 4) is 0 Å². The SMILES string of the molecule is CCn1c(CN)nnc1SCCOCC(C)C.